The van der Waals surface area contributed by atoms with Gasteiger partial charge in [0.25, 0.3) is 0 Å². The molecule has 1 aliphatic heterocycles. The van der Waals surface area contributed by atoms with E-state index >= 15 is 0 Å². The van der Waals surface area contributed by atoms with Gasteiger partial charge >= 0.3 is 6.09 Å². The Morgan fingerprint density at radius 2 is 2.19 bits per heavy atom. The van der Waals surface area contributed by atoms with Crippen molar-refractivity contribution < 1.29 is 13.9 Å². The summed E-state index contributed by atoms with van der Waals surface area (Å²) in [6, 6.07) is 6.50. The first-order valence-corrected chi connectivity index (χ1v) is 8.78. The SMILES string of the molecule is CC(C)COC(=O)NC1CCN(c2cncc(-c3ccccc3F)n2)C1. The van der Waals surface area contributed by atoms with E-state index < -0.39 is 6.09 Å². The molecule has 2 aromatic rings. The maximum absolute atomic E-state index is 14.0. The summed E-state index contributed by atoms with van der Waals surface area (Å²) in [5.41, 5.74) is 0.918. The van der Waals surface area contributed by atoms with Gasteiger partial charge in [0, 0.05) is 18.7 Å². The van der Waals surface area contributed by atoms with Gasteiger partial charge in [-0.25, -0.2) is 14.2 Å². The van der Waals surface area contributed by atoms with E-state index in [2.05, 4.69) is 15.3 Å². The highest BCUT2D eigenvalue weighted by Crippen LogP contribution is 2.24. The Kier molecular flexibility index (Phi) is 5.65. The van der Waals surface area contributed by atoms with Crippen LogP contribution < -0.4 is 10.2 Å². The van der Waals surface area contributed by atoms with Gasteiger partial charge in [-0.15, -0.1) is 0 Å². The Balaban J connectivity index is 1.63. The van der Waals surface area contributed by atoms with Crippen molar-refractivity contribution in [3.05, 3.63) is 42.5 Å². The molecular weight excluding hydrogens is 335 g/mol. The van der Waals surface area contributed by atoms with Crippen molar-refractivity contribution in [2.24, 2.45) is 5.92 Å². The number of ether oxygens (including phenoxy) is 1. The van der Waals surface area contributed by atoms with Crippen molar-refractivity contribution in [1.29, 1.82) is 0 Å². The van der Waals surface area contributed by atoms with Crippen LogP contribution in [0.2, 0.25) is 0 Å². The molecule has 1 unspecified atom stereocenters. The molecule has 1 saturated heterocycles. The number of hydrogen-bond donors (Lipinski definition) is 1. The summed E-state index contributed by atoms with van der Waals surface area (Å²) in [6.45, 7) is 5.74. The van der Waals surface area contributed by atoms with Gasteiger partial charge in [-0.2, -0.15) is 0 Å². The molecule has 1 atom stereocenters. The van der Waals surface area contributed by atoms with Gasteiger partial charge in [0.1, 0.15) is 11.6 Å². The molecule has 1 aromatic heterocycles. The number of benzene rings is 1. The highest BCUT2D eigenvalue weighted by molar-refractivity contribution is 5.68. The topological polar surface area (TPSA) is 67.3 Å². The van der Waals surface area contributed by atoms with Gasteiger partial charge in [-0.3, -0.25) is 4.98 Å². The van der Waals surface area contributed by atoms with Gasteiger partial charge in [0.2, 0.25) is 0 Å². The first kappa shape index (κ1) is 18.1. The fourth-order valence-electron chi connectivity index (χ4n) is 2.84. The summed E-state index contributed by atoms with van der Waals surface area (Å²) < 4.78 is 19.1. The van der Waals surface area contributed by atoms with Crippen LogP contribution in [0.4, 0.5) is 15.0 Å². The van der Waals surface area contributed by atoms with Gasteiger partial charge in [0.15, 0.2) is 0 Å². The molecule has 0 radical (unpaired) electrons. The molecule has 138 valence electrons. The molecule has 1 amide bonds. The normalized spacial score (nSPS) is 16.8. The Labute approximate surface area is 152 Å². The lowest BCUT2D eigenvalue weighted by molar-refractivity contribution is 0.130. The van der Waals surface area contributed by atoms with E-state index in [9.17, 15) is 9.18 Å². The molecule has 1 fully saturated rings. The third-order valence-corrected chi connectivity index (χ3v) is 4.15. The van der Waals surface area contributed by atoms with Crippen molar-refractivity contribution >= 4 is 11.9 Å². The molecule has 0 bridgehead atoms. The van der Waals surface area contributed by atoms with Crippen LogP contribution in [0, 0.1) is 11.7 Å². The average Bonchev–Trinajstić information content (AvgIpc) is 3.09. The Bertz CT molecular complexity index is 769. The van der Waals surface area contributed by atoms with E-state index in [0.717, 1.165) is 13.0 Å². The molecule has 1 aromatic carbocycles. The first-order chi connectivity index (χ1) is 12.5. The van der Waals surface area contributed by atoms with Crippen molar-refractivity contribution in [3.8, 4) is 11.3 Å². The molecule has 1 N–H and O–H groups in total. The van der Waals surface area contributed by atoms with Crippen molar-refractivity contribution in [2.45, 2.75) is 26.3 Å². The number of carbonyl (C=O) groups is 1. The first-order valence-electron chi connectivity index (χ1n) is 8.78. The van der Waals surface area contributed by atoms with Gasteiger partial charge < -0.3 is 15.0 Å². The monoisotopic (exact) mass is 358 g/mol. The summed E-state index contributed by atoms with van der Waals surface area (Å²) in [5.74, 6) is 0.649. The van der Waals surface area contributed by atoms with Crippen LogP contribution in [0.15, 0.2) is 36.7 Å². The second-order valence-corrected chi connectivity index (χ2v) is 6.81. The van der Waals surface area contributed by atoms with E-state index in [0.29, 0.717) is 36.1 Å². The maximum atomic E-state index is 14.0. The predicted octanol–water partition coefficient (Wildman–Crippen LogP) is 3.24. The molecule has 3 rings (SSSR count). The minimum absolute atomic E-state index is 0.00594. The fourth-order valence-corrected chi connectivity index (χ4v) is 2.84. The summed E-state index contributed by atoms with van der Waals surface area (Å²) in [4.78, 5) is 22.6. The predicted molar refractivity (Wildman–Crippen MR) is 97.4 cm³/mol. The average molecular weight is 358 g/mol. The number of carbonyl (C=O) groups excluding carboxylic acids is 1. The molecule has 0 spiro atoms. The zero-order valence-electron chi connectivity index (χ0n) is 15.0. The van der Waals surface area contributed by atoms with E-state index in [1.165, 1.54) is 6.07 Å². The van der Waals surface area contributed by atoms with Gasteiger partial charge in [-0.05, 0) is 24.5 Å². The summed E-state index contributed by atoms with van der Waals surface area (Å²) >= 11 is 0. The molecule has 6 nitrogen and oxygen atoms in total. The second-order valence-electron chi connectivity index (χ2n) is 6.81. The molecular formula is C19H23FN4O2. The zero-order chi connectivity index (χ0) is 18.5. The number of nitrogens with zero attached hydrogens (tertiary/aromatic N) is 3. The van der Waals surface area contributed by atoms with Crippen molar-refractivity contribution in [1.82, 2.24) is 15.3 Å². The van der Waals surface area contributed by atoms with Crippen LogP contribution in [0.25, 0.3) is 11.3 Å². The van der Waals surface area contributed by atoms with E-state index in [1.54, 1.807) is 30.6 Å². The van der Waals surface area contributed by atoms with E-state index in [4.69, 9.17) is 4.74 Å². The summed E-state index contributed by atoms with van der Waals surface area (Å²) in [6.07, 6.45) is 3.61. The summed E-state index contributed by atoms with van der Waals surface area (Å²) in [5, 5.41) is 2.88. The van der Waals surface area contributed by atoms with E-state index in [1.807, 2.05) is 18.7 Å². The van der Waals surface area contributed by atoms with Crippen LogP contribution >= 0.6 is 0 Å². The van der Waals surface area contributed by atoms with Crippen LogP contribution in [0.3, 0.4) is 0 Å². The maximum Gasteiger partial charge on any atom is 0.407 e. The standard InChI is InChI=1S/C19H23FN4O2/c1-13(2)12-26-19(25)22-14-7-8-24(11-14)18-10-21-9-17(23-18)15-5-3-4-6-16(15)20/h3-6,9-10,13-14H,7-8,11-12H2,1-2H3,(H,22,25). The van der Waals surface area contributed by atoms with Crippen LogP contribution in [-0.2, 0) is 4.74 Å². The molecule has 0 saturated carbocycles. The number of hydrogen-bond acceptors (Lipinski definition) is 5. The zero-order valence-corrected chi connectivity index (χ0v) is 15.0. The van der Waals surface area contributed by atoms with Gasteiger partial charge in [0.05, 0.1) is 30.7 Å². The lowest BCUT2D eigenvalue weighted by Crippen LogP contribution is -2.38. The number of nitrogens with one attached hydrogen (secondary N) is 1. The number of anilines is 1. The third kappa shape index (κ3) is 4.47. The lowest BCUT2D eigenvalue weighted by Gasteiger charge is -2.18. The molecule has 0 aliphatic carbocycles. The molecule has 26 heavy (non-hydrogen) atoms. The van der Waals surface area contributed by atoms with Gasteiger partial charge in [-0.1, -0.05) is 26.0 Å². The minimum Gasteiger partial charge on any atom is -0.449 e. The Morgan fingerprint density at radius 3 is 2.96 bits per heavy atom. The lowest BCUT2D eigenvalue weighted by atomic mass is 10.1. The molecule has 1 aliphatic rings. The fraction of sp³-hybridized carbons (Fsp3) is 0.421. The van der Waals surface area contributed by atoms with Crippen LogP contribution in [-0.4, -0.2) is 41.8 Å². The number of amides is 1. The Morgan fingerprint density at radius 1 is 1.38 bits per heavy atom. The van der Waals surface area contributed by atoms with Crippen molar-refractivity contribution in [2.75, 3.05) is 24.6 Å². The van der Waals surface area contributed by atoms with E-state index in [-0.39, 0.29) is 11.9 Å². The summed E-state index contributed by atoms with van der Waals surface area (Å²) in [7, 11) is 0. The second kappa shape index (κ2) is 8.12. The number of rotatable bonds is 5. The van der Waals surface area contributed by atoms with Crippen molar-refractivity contribution in [3.63, 3.8) is 0 Å². The minimum atomic E-state index is -0.392. The number of alkyl carbamates (subject to hydrolysis) is 1. The third-order valence-electron chi connectivity index (χ3n) is 4.15. The number of halogens is 1. The highest BCUT2D eigenvalue weighted by atomic mass is 19.1. The highest BCUT2D eigenvalue weighted by Gasteiger charge is 2.26. The molecule has 7 heteroatoms. The molecule has 2 heterocycles. The number of aromatic nitrogens is 2. The van der Waals surface area contributed by atoms with Crippen LogP contribution in [0.5, 0.6) is 0 Å². The smallest absolute Gasteiger partial charge is 0.407 e. The quantitative estimate of drug-likeness (QED) is 0.889. The van der Waals surface area contributed by atoms with Crippen LogP contribution in [0.1, 0.15) is 20.3 Å². The Hall–Kier alpha value is -2.70. The largest absolute Gasteiger partial charge is 0.449 e.